The molecule has 0 spiro atoms. The summed E-state index contributed by atoms with van der Waals surface area (Å²) in [6.07, 6.45) is 1.66. The minimum absolute atomic E-state index is 0.115. The van der Waals surface area contributed by atoms with Crippen LogP contribution in [-0.4, -0.2) is 58.4 Å². The van der Waals surface area contributed by atoms with Gasteiger partial charge in [0.25, 0.3) is 11.5 Å². The number of halogens is 2. The molecule has 1 aliphatic heterocycles. The number of hydrogen-bond acceptors (Lipinski definition) is 7. The van der Waals surface area contributed by atoms with Gasteiger partial charge in [0, 0.05) is 80.3 Å². The number of piperazine rings is 1. The smallest absolute Gasteiger partial charge is 0.293 e. The minimum Gasteiger partial charge on any atom is -0.478 e. The van der Waals surface area contributed by atoms with Crippen LogP contribution in [0.25, 0.3) is 10.9 Å². The van der Waals surface area contributed by atoms with E-state index in [9.17, 15) is 9.59 Å². The number of carbonyl (C=O) groups is 1. The van der Waals surface area contributed by atoms with Crippen molar-refractivity contribution in [3.8, 4) is 5.75 Å². The SMILES string of the molecule is CNC(=O)COc1cc2cc(Nc3cc(N4CCN(I)CC4)ncc3Cl)ccc2n(C)c1=O. The van der Waals surface area contributed by atoms with Gasteiger partial charge in [-0.05, 0) is 24.3 Å². The van der Waals surface area contributed by atoms with Gasteiger partial charge < -0.3 is 24.8 Å². The lowest BCUT2D eigenvalue weighted by Crippen LogP contribution is -2.42. The molecular weight excluding hydrogens is 559 g/mol. The van der Waals surface area contributed by atoms with Gasteiger partial charge in [-0.3, -0.25) is 9.59 Å². The summed E-state index contributed by atoms with van der Waals surface area (Å²) in [6.45, 7) is 3.53. The average molecular weight is 583 g/mol. The lowest BCUT2D eigenvalue weighted by Gasteiger charge is -2.32. The van der Waals surface area contributed by atoms with E-state index < -0.39 is 0 Å². The van der Waals surface area contributed by atoms with Crippen molar-refractivity contribution in [2.75, 3.05) is 50.1 Å². The maximum atomic E-state index is 12.6. The van der Waals surface area contributed by atoms with E-state index >= 15 is 0 Å². The monoisotopic (exact) mass is 582 g/mol. The normalized spacial score (nSPS) is 14.4. The van der Waals surface area contributed by atoms with Gasteiger partial charge >= 0.3 is 0 Å². The Labute approximate surface area is 210 Å². The van der Waals surface area contributed by atoms with Crippen LogP contribution in [0.1, 0.15) is 0 Å². The molecular formula is C22H24ClIN6O3. The highest BCUT2D eigenvalue weighted by atomic mass is 127. The topological polar surface area (TPSA) is 91.7 Å². The number of hydrogen-bond donors (Lipinski definition) is 2. The lowest BCUT2D eigenvalue weighted by molar-refractivity contribution is -0.122. The molecule has 1 amide bonds. The van der Waals surface area contributed by atoms with E-state index in [0.717, 1.165) is 54.3 Å². The molecule has 11 heteroatoms. The Kier molecular flexibility index (Phi) is 7.25. The zero-order chi connectivity index (χ0) is 23.5. The van der Waals surface area contributed by atoms with E-state index in [2.05, 4.69) is 46.5 Å². The Hall–Kier alpha value is -2.57. The van der Waals surface area contributed by atoms with Gasteiger partial charge in [0.05, 0.1) is 22.4 Å². The number of amides is 1. The van der Waals surface area contributed by atoms with Crippen LogP contribution in [-0.2, 0) is 11.8 Å². The van der Waals surface area contributed by atoms with Crippen LogP contribution in [0.3, 0.4) is 0 Å². The number of likely N-dealkylation sites (N-methyl/N-ethyl adjacent to an activating group) is 1. The van der Waals surface area contributed by atoms with Gasteiger partial charge in [0.2, 0.25) is 0 Å². The summed E-state index contributed by atoms with van der Waals surface area (Å²) in [5.41, 5.74) is 1.99. The Morgan fingerprint density at radius 3 is 2.70 bits per heavy atom. The summed E-state index contributed by atoms with van der Waals surface area (Å²) in [6, 6.07) is 9.26. The minimum atomic E-state index is -0.310. The van der Waals surface area contributed by atoms with E-state index in [1.165, 1.54) is 11.6 Å². The highest BCUT2D eigenvalue weighted by Gasteiger charge is 2.17. The molecule has 0 bridgehead atoms. The van der Waals surface area contributed by atoms with Gasteiger partial charge in [-0.2, -0.15) is 0 Å². The second kappa shape index (κ2) is 10.1. The first-order chi connectivity index (χ1) is 15.9. The maximum Gasteiger partial charge on any atom is 0.293 e. The Morgan fingerprint density at radius 2 is 1.97 bits per heavy atom. The number of ether oxygens (including phenoxy) is 1. The number of aryl methyl sites for hydroxylation is 1. The van der Waals surface area contributed by atoms with Crippen molar-refractivity contribution in [3.05, 3.63) is 51.9 Å². The van der Waals surface area contributed by atoms with Gasteiger partial charge in [0.15, 0.2) is 12.4 Å². The second-order valence-corrected chi connectivity index (χ2v) is 9.42. The van der Waals surface area contributed by atoms with Crippen molar-refractivity contribution in [3.63, 3.8) is 0 Å². The maximum absolute atomic E-state index is 12.6. The standard InChI is InChI=1S/C22H24ClIN6O3/c1-25-21(31)13-33-19-10-14-9-15(3-4-18(14)28(2)22(19)32)27-17-11-20(26-12-16(17)23)29-5-7-30(24)8-6-29/h3-4,9-12H,5-8,13H2,1-2H3,(H,25,31)(H,26,27). The molecule has 3 heterocycles. The van der Waals surface area contributed by atoms with Gasteiger partial charge in [-0.25, -0.2) is 8.10 Å². The van der Waals surface area contributed by atoms with Crippen LogP contribution in [0.4, 0.5) is 17.2 Å². The molecule has 2 aromatic heterocycles. The number of rotatable bonds is 6. The second-order valence-electron chi connectivity index (χ2n) is 7.65. The number of pyridine rings is 2. The highest BCUT2D eigenvalue weighted by Crippen LogP contribution is 2.30. The van der Waals surface area contributed by atoms with E-state index in [4.69, 9.17) is 16.3 Å². The van der Waals surface area contributed by atoms with Crippen molar-refractivity contribution in [2.24, 2.45) is 7.05 Å². The van der Waals surface area contributed by atoms with Crippen LogP contribution in [0.2, 0.25) is 5.02 Å². The van der Waals surface area contributed by atoms with E-state index in [1.54, 1.807) is 19.3 Å². The van der Waals surface area contributed by atoms with Gasteiger partial charge in [0.1, 0.15) is 5.82 Å². The molecule has 0 radical (unpaired) electrons. The molecule has 0 unspecified atom stereocenters. The molecule has 2 N–H and O–H groups in total. The first kappa shape index (κ1) is 23.6. The number of benzene rings is 1. The first-order valence-electron chi connectivity index (χ1n) is 10.4. The molecule has 1 fully saturated rings. The van der Waals surface area contributed by atoms with Crippen LogP contribution in [0, 0.1) is 0 Å². The summed E-state index contributed by atoms with van der Waals surface area (Å²) in [7, 11) is 3.19. The van der Waals surface area contributed by atoms with E-state index in [-0.39, 0.29) is 23.8 Å². The average Bonchev–Trinajstić information content (AvgIpc) is 2.82. The van der Waals surface area contributed by atoms with Crippen LogP contribution < -0.4 is 25.8 Å². The predicted molar refractivity (Wildman–Crippen MR) is 139 cm³/mol. The fourth-order valence-electron chi connectivity index (χ4n) is 3.61. The van der Waals surface area contributed by atoms with E-state index in [1.807, 2.05) is 24.3 Å². The van der Waals surface area contributed by atoms with Crippen molar-refractivity contribution in [2.45, 2.75) is 0 Å². The summed E-state index contributed by atoms with van der Waals surface area (Å²) in [5.74, 6) is 0.680. The summed E-state index contributed by atoms with van der Waals surface area (Å²) in [4.78, 5) is 30.8. The van der Waals surface area contributed by atoms with Gasteiger partial charge in [-0.1, -0.05) is 11.6 Å². The molecule has 9 nitrogen and oxygen atoms in total. The largest absolute Gasteiger partial charge is 0.478 e. The first-order valence-corrected chi connectivity index (χ1v) is 11.8. The third kappa shape index (κ3) is 5.33. The summed E-state index contributed by atoms with van der Waals surface area (Å²) in [5, 5.41) is 7.14. The molecule has 174 valence electrons. The fraction of sp³-hybridized carbons (Fsp3) is 0.318. The number of anilines is 3. The van der Waals surface area contributed by atoms with Crippen LogP contribution in [0.15, 0.2) is 41.3 Å². The van der Waals surface area contributed by atoms with Crippen LogP contribution >= 0.6 is 34.5 Å². The molecule has 3 aromatic rings. The molecule has 1 aromatic carbocycles. The number of aromatic nitrogens is 2. The highest BCUT2D eigenvalue weighted by molar-refractivity contribution is 14.1. The van der Waals surface area contributed by atoms with Crippen molar-refractivity contribution >= 4 is 68.5 Å². The van der Waals surface area contributed by atoms with Crippen molar-refractivity contribution in [1.82, 2.24) is 18.0 Å². The Balaban J connectivity index is 1.61. The van der Waals surface area contributed by atoms with Crippen molar-refractivity contribution in [1.29, 1.82) is 0 Å². The predicted octanol–water partition coefficient (Wildman–Crippen LogP) is 2.93. The van der Waals surface area contributed by atoms with Crippen molar-refractivity contribution < 1.29 is 9.53 Å². The molecule has 1 saturated heterocycles. The Morgan fingerprint density at radius 1 is 1.21 bits per heavy atom. The Bertz CT molecular complexity index is 1240. The molecule has 4 rings (SSSR count). The summed E-state index contributed by atoms with van der Waals surface area (Å²) < 4.78 is 9.21. The third-order valence-electron chi connectivity index (χ3n) is 5.50. The number of carbonyl (C=O) groups excluding carboxylic acids is 1. The molecule has 0 atom stereocenters. The van der Waals surface area contributed by atoms with E-state index in [0.29, 0.717) is 5.02 Å². The number of fused-ring (bicyclic) bond motifs is 1. The summed E-state index contributed by atoms with van der Waals surface area (Å²) >= 11 is 8.77. The molecule has 0 saturated carbocycles. The molecule has 0 aliphatic carbocycles. The zero-order valence-corrected chi connectivity index (χ0v) is 21.2. The quantitative estimate of drug-likeness (QED) is 0.341. The molecule has 1 aliphatic rings. The van der Waals surface area contributed by atoms with Gasteiger partial charge in [-0.15, -0.1) is 0 Å². The lowest BCUT2D eigenvalue weighted by atomic mass is 10.1. The number of nitrogens with one attached hydrogen (secondary N) is 2. The van der Waals surface area contributed by atoms with Crippen LogP contribution in [0.5, 0.6) is 5.75 Å². The molecule has 33 heavy (non-hydrogen) atoms. The zero-order valence-electron chi connectivity index (χ0n) is 18.3. The third-order valence-corrected chi connectivity index (χ3v) is 6.76. The number of nitrogens with zero attached hydrogens (tertiary/aromatic N) is 4. The fourth-order valence-corrected chi connectivity index (χ4v) is 4.19.